The number of thioether (sulfide) groups is 1. The van der Waals surface area contributed by atoms with E-state index in [0.717, 1.165) is 38.5 Å². The second-order valence-electron chi connectivity index (χ2n) is 8.94. The number of amides is 1. The zero-order valence-electron chi connectivity index (χ0n) is 21.3. The van der Waals surface area contributed by atoms with Crippen molar-refractivity contribution in [3.8, 4) is 10.4 Å². The third-order valence-electron chi connectivity index (χ3n) is 6.29. The first-order valence-electron chi connectivity index (χ1n) is 12.2. The predicted molar refractivity (Wildman–Crippen MR) is 167 cm³/mol. The van der Waals surface area contributed by atoms with Gasteiger partial charge in [-0.15, -0.1) is 11.3 Å². The number of hydrogen-bond acceptors (Lipinski definition) is 10. The highest BCUT2D eigenvalue weighted by Gasteiger charge is 2.33. The van der Waals surface area contributed by atoms with Gasteiger partial charge in [0.2, 0.25) is 0 Å². The maximum atomic E-state index is 12.7. The number of anilines is 3. The van der Waals surface area contributed by atoms with E-state index in [-0.39, 0.29) is 5.91 Å². The minimum atomic E-state index is -0.204. The number of nitrogens with zero attached hydrogens (tertiary/aromatic N) is 6. The Morgan fingerprint density at radius 1 is 0.923 bits per heavy atom. The molecule has 194 valence electrons. The molecule has 1 fully saturated rings. The van der Waals surface area contributed by atoms with Gasteiger partial charge in [0.05, 0.1) is 11.7 Å². The molecule has 1 saturated heterocycles. The van der Waals surface area contributed by atoms with Crippen LogP contribution in [0, 0.1) is 13.8 Å². The number of hydrogen-bond donors (Lipinski definition) is 0. The minimum absolute atomic E-state index is 0.204. The molecule has 0 aliphatic carbocycles. The largest absolute Gasteiger partial charge is 0.302 e. The van der Waals surface area contributed by atoms with Crippen LogP contribution in [-0.2, 0) is 4.79 Å². The molecule has 0 unspecified atom stereocenters. The zero-order valence-corrected chi connectivity index (χ0v) is 24.5. The summed E-state index contributed by atoms with van der Waals surface area (Å²) in [6, 6.07) is 21.3. The van der Waals surface area contributed by atoms with Crippen molar-refractivity contribution >= 4 is 95.5 Å². The smallest absolute Gasteiger partial charge is 0.285 e. The van der Waals surface area contributed by atoms with E-state index in [2.05, 4.69) is 98.1 Å². The Bertz CT molecular complexity index is 1690. The molecule has 0 bridgehead atoms. The van der Waals surface area contributed by atoms with Gasteiger partial charge in [0.15, 0.2) is 10.9 Å². The van der Waals surface area contributed by atoms with Gasteiger partial charge in [-0.1, -0.05) is 47.6 Å². The van der Waals surface area contributed by atoms with Crippen LogP contribution in [0.15, 0.2) is 71.9 Å². The maximum absolute atomic E-state index is 12.7. The van der Waals surface area contributed by atoms with Crippen molar-refractivity contribution in [1.82, 2.24) is 18.6 Å². The lowest BCUT2D eigenvalue weighted by Crippen LogP contribution is -2.29. The van der Waals surface area contributed by atoms with Crippen molar-refractivity contribution < 1.29 is 4.79 Å². The van der Waals surface area contributed by atoms with Crippen molar-refractivity contribution in [3.05, 3.63) is 78.0 Å². The van der Waals surface area contributed by atoms with Gasteiger partial charge in [-0.3, -0.25) is 9.69 Å². The standard InChI is InChI=1S/C28H22N6OS4/c1-4-33-27(35)26(38-28(33)36)30-25-24-23(31-39-32-24)20(15-29-25)21-13-14-22(37-21)34(18-9-5-16(2)6-10-18)19-11-7-17(3)8-12-19/h5-15H,4H2,1-3H3. The number of aliphatic imine (C=N–C) groups is 1. The number of aromatic nitrogens is 3. The average molecular weight is 587 g/mol. The molecule has 3 aromatic heterocycles. The van der Waals surface area contributed by atoms with Crippen molar-refractivity contribution in [3.63, 3.8) is 0 Å². The van der Waals surface area contributed by atoms with E-state index in [1.807, 2.05) is 6.92 Å². The van der Waals surface area contributed by atoms with E-state index in [4.69, 9.17) is 12.2 Å². The molecule has 0 N–H and O–H groups in total. The topological polar surface area (TPSA) is 74.6 Å². The van der Waals surface area contributed by atoms with Gasteiger partial charge >= 0.3 is 0 Å². The molecular weight excluding hydrogens is 565 g/mol. The van der Waals surface area contributed by atoms with Gasteiger partial charge in [0, 0.05) is 34.6 Å². The molecule has 0 saturated carbocycles. The van der Waals surface area contributed by atoms with Crippen LogP contribution in [-0.4, -0.2) is 40.4 Å². The number of fused-ring (bicyclic) bond motifs is 1. The van der Waals surface area contributed by atoms with E-state index in [1.165, 1.54) is 27.8 Å². The first kappa shape index (κ1) is 25.8. The first-order valence-corrected chi connectivity index (χ1v) is 15.0. The highest BCUT2D eigenvalue weighted by Crippen LogP contribution is 2.43. The minimum Gasteiger partial charge on any atom is -0.302 e. The Balaban J connectivity index is 1.39. The highest BCUT2D eigenvalue weighted by atomic mass is 32.2. The summed E-state index contributed by atoms with van der Waals surface area (Å²) in [7, 11) is 0. The van der Waals surface area contributed by atoms with Crippen LogP contribution in [0.1, 0.15) is 18.1 Å². The molecule has 39 heavy (non-hydrogen) atoms. The summed E-state index contributed by atoms with van der Waals surface area (Å²) in [6.45, 7) is 6.57. The lowest BCUT2D eigenvalue weighted by molar-refractivity contribution is -0.119. The normalized spacial score (nSPS) is 14.6. The van der Waals surface area contributed by atoms with Crippen LogP contribution in [0.5, 0.6) is 0 Å². The zero-order chi connectivity index (χ0) is 27.1. The number of carbonyl (C=O) groups is 1. The lowest BCUT2D eigenvalue weighted by Gasteiger charge is -2.24. The van der Waals surface area contributed by atoms with Gasteiger partial charge in [-0.25, -0.2) is 9.98 Å². The van der Waals surface area contributed by atoms with Gasteiger partial charge in [0.1, 0.15) is 20.4 Å². The van der Waals surface area contributed by atoms with E-state index in [9.17, 15) is 4.79 Å². The Morgan fingerprint density at radius 3 is 2.18 bits per heavy atom. The quantitative estimate of drug-likeness (QED) is 0.188. The molecule has 6 rings (SSSR count). The maximum Gasteiger partial charge on any atom is 0.285 e. The van der Waals surface area contributed by atoms with Crippen molar-refractivity contribution in [2.75, 3.05) is 11.4 Å². The van der Waals surface area contributed by atoms with Crippen LogP contribution in [0.4, 0.5) is 22.2 Å². The molecule has 1 amide bonds. The second-order valence-corrected chi connectivity index (χ2v) is 12.1. The number of thiocarbonyl (C=S) groups is 1. The molecule has 11 heteroatoms. The van der Waals surface area contributed by atoms with Crippen LogP contribution in [0.2, 0.25) is 0 Å². The average Bonchev–Trinajstić information content (AvgIpc) is 3.67. The van der Waals surface area contributed by atoms with E-state index < -0.39 is 0 Å². The number of benzene rings is 2. The summed E-state index contributed by atoms with van der Waals surface area (Å²) < 4.78 is 9.55. The number of aryl methyl sites for hydroxylation is 2. The molecule has 7 nitrogen and oxygen atoms in total. The molecule has 4 heterocycles. The third kappa shape index (κ3) is 4.87. The van der Waals surface area contributed by atoms with Gasteiger partial charge < -0.3 is 4.90 Å². The Hall–Kier alpha value is -3.51. The number of rotatable bonds is 6. The number of carbonyl (C=O) groups excluding carboxylic acids is 1. The summed E-state index contributed by atoms with van der Waals surface area (Å²) in [5.74, 6) is 0.168. The molecule has 2 aromatic carbocycles. The summed E-state index contributed by atoms with van der Waals surface area (Å²) in [5, 5.41) is 1.38. The van der Waals surface area contributed by atoms with Crippen LogP contribution >= 0.6 is 47.0 Å². The third-order valence-corrected chi connectivity index (χ3v) is 9.25. The fourth-order valence-corrected chi connectivity index (χ4v) is 7.11. The monoisotopic (exact) mass is 586 g/mol. The Labute approximate surface area is 243 Å². The molecule has 1 aliphatic rings. The Kier molecular flexibility index (Phi) is 6.98. The van der Waals surface area contributed by atoms with Crippen LogP contribution in [0.3, 0.4) is 0 Å². The molecule has 0 spiro atoms. The molecule has 0 atom stereocenters. The molecule has 1 aliphatic heterocycles. The SMILES string of the molecule is CCN1C(=O)C(=Nc2ncc(-c3ccc(N(c4ccc(C)cc4)c4ccc(C)cc4)s3)c3nsnc23)SC1=S. The summed E-state index contributed by atoms with van der Waals surface area (Å²) in [4.78, 5) is 26.6. The fourth-order valence-electron chi connectivity index (χ4n) is 4.23. The van der Waals surface area contributed by atoms with Crippen molar-refractivity contribution in [1.29, 1.82) is 0 Å². The van der Waals surface area contributed by atoms with Crippen LogP contribution in [0.25, 0.3) is 21.5 Å². The predicted octanol–water partition coefficient (Wildman–Crippen LogP) is 7.81. The number of pyridine rings is 1. The Morgan fingerprint density at radius 2 is 1.56 bits per heavy atom. The van der Waals surface area contributed by atoms with E-state index in [1.54, 1.807) is 17.5 Å². The van der Waals surface area contributed by atoms with E-state index >= 15 is 0 Å². The summed E-state index contributed by atoms with van der Waals surface area (Å²) in [5.41, 5.74) is 6.76. The van der Waals surface area contributed by atoms with Crippen LogP contribution < -0.4 is 4.90 Å². The molecular formula is C28H22N6OS4. The second kappa shape index (κ2) is 10.6. The summed E-state index contributed by atoms with van der Waals surface area (Å²) >= 11 is 9.27. The van der Waals surface area contributed by atoms with Gasteiger partial charge in [0.25, 0.3) is 5.91 Å². The van der Waals surface area contributed by atoms with Crippen molar-refractivity contribution in [2.45, 2.75) is 20.8 Å². The highest BCUT2D eigenvalue weighted by molar-refractivity contribution is 8.35. The first-order chi connectivity index (χ1) is 18.9. The molecule has 0 radical (unpaired) electrons. The fraction of sp³-hybridized carbons (Fsp3) is 0.143. The summed E-state index contributed by atoms with van der Waals surface area (Å²) in [6.07, 6.45) is 1.76. The molecule has 5 aromatic rings. The number of thiophene rings is 1. The van der Waals surface area contributed by atoms with Gasteiger partial charge in [-0.05, 0) is 68.9 Å². The van der Waals surface area contributed by atoms with Crippen molar-refractivity contribution in [2.24, 2.45) is 4.99 Å². The van der Waals surface area contributed by atoms with E-state index in [0.29, 0.717) is 32.8 Å². The lowest BCUT2D eigenvalue weighted by atomic mass is 10.1. The van der Waals surface area contributed by atoms with Gasteiger partial charge in [-0.2, -0.15) is 8.75 Å².